The fourth-order valence-corrected chi connectivity index (χ4v) is 5.54. The van der Waals surface area contributed by atoms with Crippen molar-refractivity contribution in [2.75, 3.05) is 15.9 Å². The molecule has 186 valence electrons. The molecular formula is C28H30N4O3S. The van der Waals surface area contributed by atoms with E-state index in [1.165, 1.54) is 16.9 Å². The van der Waals surface area contributed by atoms with Crippen molar-refractivity contribution in [1.82, 2.24) is 9.97 Å². The number of ether oxygens (including phenoxy) is 1. The van der Waals surface area contributed by atoms with Crippen molar-refractivity contribution < 1.29 is 13.2 Å². The Balaban J connectivity index is 1.59. The van der Waals surface area contributed by atoms with Crippen molar-refractivity contribution in [3.05, 3.63) is 96.8 Å². The van der Waals surface area contributed by atoms with E-state index in [1.54, 1.807) is 12.1 Å². The van der Waals surface area contributed by atoms with Crippen molar-refractivity contribution in [3.8, 4) is 17.0 Å². The van der Waals surface area contributed by atoms with E-state index in [1.807, 2.05) is 93.6 Å². The first-order chi connectivity index (χ1) is 17.1. The molecule has 0 saturated carbocycles. The Bertz CT molecular complexity index is 1430. The first-order valence-electron chi connectivity index (χ1n) is 11.6. The number of nitrogens with zero attached hydrogens (tertiary/aromatic N) is 3. The molecule has 0 fully saturated rings. The lowest BCUT2D eigenvalue weighted by Crippen LogP contribution is -2.45. The molecule has 0 aliphatic heterocycles. The summed E-state index contributed by atoms with van der Waals surface area (Å²) in [7, 11) is -3.47. The zero-order valence-electron chi connectivity index (χ0n) is 20.8. The molecule has 7 nitrogen and oxygen atoms in total. The van der Waals surface area contributed by atoms with Crippen LogP contribution in [-0.2, 0) is 16.6 Å². The zero-order chi connectivity index (χ0) is 25.8. The van der Waals surface area contributed by atoms with Crippen molar-refractivity contribution in [2.24, 2.45) is 0 Å². The molecule has 0 aliphatic rings. The van der Waals surface area contributed by atoms with Gasteiger partial charge in [-0.3, -0.25) is 4.31 Å². The van der Waals surface area contributed by atoms with E-state index in [4.69, 9.17) is 4.74 Å². The Labute approximate surface area is 212 Å². The van der Waals surface area contributed by atoms with Crippen molar-refractivity contribution in [2.45, 2.75) is 32.9 Å². The topological polar surface area (TPSA) is 84.4 Å². The third-order valence-electron chi connectivity index (χ3n) is 5.36. The lowest BCUT2D eigenvalue weighted by atomic mass is 10.1. The lowest BCUT2D eigenvalue weighted by Gasteiger charge is -2.35. The normalized spacial score (nSPS) is 11.7. The Morgan fingerprint density at radius 2 is 1.61 bits per heavy atom. The van der Waals surface area contributed by atoms with Crippen LogP contribution in [-0.4, -0.2) is 30.2 Å². The van der Waals surface area contributed by atoms with Gasteiger partial charge in [0.25, 0.3) is 0 Å². The largest absolute Gasteiger partial charge is 0.488 e. The molecule has 0 aliphatic carbocycles. The highest BCUT2D eigenvalue weighted by atomic mass is 32.2. The van der Waals surface area contributed by atoms with E-state index < -0.39 is 15.6 Å². The summed E-state index contributed by atoms with van der Waals surface area (Å²) in [6, 6.07) is 26.8. The predicted molar refractivity (Wildman–Crippen MR) is 145 cm³/mol. The quantitative estimate of drug-likeness (QED) is 0.317. The molecule has 1 heterocycles. The molecule has 0 bridgehead atoms. The molecule has 4 rings (SSSR count). The summed E-state index contributed by atoms with van der Waals surface area (Å²) in [4.78, 5) is 8.82. The van der Waals surface area contributed by atoms with Crippen LogP contribution in [0.2, 0.25) is 0 Å². The molecule has 0 saturated heterocycles. The lowest BCUT2D eigenvalue weighted by molar-refractivity contribution is 0.307. The van der Waals surface area contributed by atoms with Gasteiger partial charge in [0, 0.05) is 22.9 Å². The molecule has 1 N–H and O–H groups in total. The van der Waals surface area contributed by atoms with Crippen LogP contribution < -0.4 is 14.4 Å². The van der Waals surface area contributed by atoms with Crippen LogP contribution in [0.5, 0.6) is 5.75 Å². The average Bonchev–Trinajstić information content (AvgIpc) is 2.82. The van der Waals surface area contributed by atoms with E-state index >= 15 is 0 Å². The maximum absolute atomic E-state index is 12.5. The van der Waals surface area contributed by atoms with Gasteiger partial charge in [0.05, 0.1) is 17.6 Å². The molecule has 3 aromatic carbocycles. The number of aromatic nitrogens is 2. The smallest absolute Gasteiger partial charge is 0.232 e. The van der Waals surface area contributed by atoms with Gasteiger partial charge >= 0.3 is 0 Å². The molecule has 4 aromatic rings. The van der Waals surface area contributed by atoms with Gasteiger partial charge in [0.1, 0.15) is 24.5 Å². The Kier molecular flexibility index (Phi) is 7.26. The minimum absolute atomic E-state index is 0.450. The Morgan fingerprint density at radius 1 is 0.889 bits per heavy atom. The number of sulfonamides is 1. The van der Waals surface area contributed by atoms with Crippen molar-refractivity contribution in [3.63, 3.8) is 0 Å². The van der Waals surface area contributed by atoms with Crippen LogP contribution in [0.15, 0.2) is 91.3 Å². The molecule has 36 heavy (non-hydrogen) atoms. The highest BCUT2D eigenvalue weighted by Gasteiger charge is 2.29. The van der Waals surface area contributed by atoms with Crippen molar-refractivity contribution in [1.29, 1.82) is 0 Å². The zero-order valence-corrected chi connectivity index (χ0v) is 21.7. The number of rotatable bonds is 8. The Morgan fingerprint density at radius 3 is 2.33 bits per heavy atom. The highest BCUT2D eigenvalue weighted by molar-refractivity contribution is 7.92. The van der Waals surface area contributed by atoms with E-state index in [-0.39, 0.29) is 0 Å². The minimum Gasteiger partial charge on any atom is -0.488 e. The summed E-state index contributed by atoms with van der Waals surface area (Å²) in [6.07, 6.45) is 2.71. The van der Waals surface area contributed by atoms with Crippen molar-refractivity contribution >= 4 is 27.2 Å². The minimum atomic E-state index is -3.47. The molecule has 0 atom stereocenters. The maximum atomic E-state index is 12.5. The van der Waals surface area contributed by atoms with Crippen LogP contribution in [0.4, 0.5) is 17.2 Å². The molecule has 0 spiro atoms. The SMILES string of the molecule is CC(C)(C)N(c1cccc(Nc2cc(-c3ccccc3OCc3ccccc3)ncn2)c1)S(C)(=O)=O. The second-order valence-electron chi connectivity index (χ2n) is 9.43. The predicted octanol–water partition coefficient (Wildman–Crippen LogP) is 6.03. The van der Waals surface area contributed by atoms with E-state index in [2.05, 4.69) is 15.3 Å². The van der Waals surface area contributed by atoms with Gasteiger partial charge in [-0.2, -0.15) is 0 Å². The highest BCUT2D eigenvalue weighted by Crippen LogP contribution is 2.32. The molecule has 0 unspecified atom stereocenters. The number of benzene rings is 3. The summed E-state index contributed by atoms with van der Waals surface area (Å²) in [5, 5.41) is 3.28. The number of hydrogen-bond donors (Lipinski definition) is 1. The van der Waals surface area contributed by atoms with Gasteiger partial charge in [-0.25, -0.2) is 18.4 Å². The third-order valence-corrected chi connectivity index (χ3v) is 6.78. The number of nitrogens with one attached hydrogen (secondary N) is 1. The summed E-state index contributed by atoms with van der Waals surface area (Å²) in [5.41, 5.74) is 3.31. The average molecular weight is 503 g/mol. The van der Waals surface area contributed by atoms with Crippen LogP contribution >= 0.6 is 0 Å². The first kappa shape index (κ1) is 25.2. The summed E-state index contributed by atoms with van der Waals surface area (Å²) in [5.74, 6) is 1.30. The van der Waals surface area contributed by atoms with Crippen LogP contribution in [0.1, 0.15) is 26.3 Å². The van der Waals surface area contributed by atoms with Gasteiger partial charge in [-0.15, -0.1) is 0 Å². The standard InChI is InChI=1S/C28H30N4O3S/c1-28(2,3)32(36(4,33)34)23-14-10-13-22(17-23)31-27-18-25(29-20-30-27)24-15-8-9-16-26(24)35-19-21-11-6-5-7-12-21/h5-18,20H,19H2,1-4H3,(H,29,30,31). The number of hydrogen-bond acceptors (Lipinski definition) is 6. The summed E-state index contributed by atoms with van der Waals surface area (Å²) < 4.78 is 32.5. The molecule has 0 amide bonds. The second-order valence-corrected chi connectivity index (χ2v) is 11.3. The fourth-order valence-electron chi connectivity index (χ4n) is 4.05. The molecular weight excluding hydrogens is 472 g/mol. The van der Waals surface area contributed by atoms with Gasteiger partial charge in [0.2, 0.25) is 10.0 Å². The summed E-state index contributed by atoms with van der Waals surface area (Å²) in [6.45, 7) is 6.04. The summed E-state index contributed by atoms with van der Waals surface area (Å²) >= 11 is 0. The number of anilines is 3. The monoisotopic (exact) mass is 502 g/mol. The van der Waals surface area contributed by atoms with E-state index in [0.717, 1.165) is 16.9 Å². The van der Waals surface area contributed by atoms with Crippen LogP contribution in [0, 0.1) is 0 Å². The Hall–Kier alpha value is -3.91. The van der Waals surface area contributed by atoms with E-state index in [9.17, 15) is 8.42 Å². The molecule has 1 aromatic heterocycles. The third kappa shape index (κ3) is 6.20. The van der Waals surface area contributed by atoms with Gasteiger partial charge in [0.15, 0.2) is 0 Å². The fraction of sp³-hybridized carbons (Fsp3) is 0.214. The first-order valence-corrected chi connectivity index (χ1v) is 13.4. The van der Waals surface area contributed by atoms with Gasteiger partial charge in [-0.1, -0.05) is 48.5 Å². The second kappa shape index (κ2) is 10.4. The maximum Gasteiger partial charge on any atom is 0.232 e. The van der Waals surface area contributed by atoms with Crippen LogP contribution in [0.3, 0.4) is 0 Å². The van der Waals surface area contributed by atoms with Crippen LogP contribution in [0.25, 0.3) is 11.3 Å². The van der Waals surface area contributed by atoms with Gasteiger partial charge < -0.3 is 10.1 Å². The van der Waals surface area contributed by atoms with E-state index in [0.29, 0.717) is 29.5 Å². The number of para-hydroxylation sites is 1. The molecule has 8 heteroatoms. The van der Waals surface area contributed by atoms with Gasteiger partial charge in [-0.05, 0) is 56.7 Å². The molecule has 0 radical (unpaired) electrons.